The summed E-state index contributed by atoms with van der Waals surface area (Å²) in [6.45, 7) is 3.58. The van der Waals surface area contributed by atoms with Gasteiger partial charge in [0.1, 0.15) is 18.1 Å². The molecule has 0 aliphatic rings. The van der Waals surface area contributed by atoms with Crippen molar-refractivity contribution < 1.29 is 22.3 Å². The zero-order valence-corrected chi connectivity index (χ0v) is 19.1. The third kappa shape index (κ3) is 5.57. The van der Waals surface area contributed by atoms with Crippen molar-refractivity contribution in [3.05, 3.63) is 83.1 Å². The number of halogens is 2. The molecule has 0 atom stereocenters. The molecule has 0 aliphatic heterocycles. The molecule has 0 heterocycles. The maximum atomic E-state index is 13.3. The number of ether oxygens (including phenoxy) is 1. The molecule has 0 unspecified atom stereocenters. The van der Waals surface area contributed by atoms with Crippen LogP contribution in [0.15, 0.2) is 71.6 Å². The first kappa shape index (κ1) is 23.6. The minimum absolute atomic E-state index is 0.136. The second-order valence-electron chi connectivity index (χ2n) is 6.90. The molecule has 0 saturated carbocycles. The van der Waals surface area contributed by atoms with Crippen LogP contribution >= 0.6 is 11.6 Å². The number of carbonyl (C=O) groups excluding carboxylic acids is 1. The van der Waals surface area contributed by atoms with E-state index in [1.54, 1.807) is 49.4 Å². The van der Waals surface area contributed by atoms with Gasteiger partial charge >= 0.3 is 0 Å². The summed E-state index contributed by atoms with van der Waals surface area (Å²) in [5.74, 6) is -0.542. The normalized spacial score (nSPS) is 11.1. The van der Waals surface area contributed by atoms with E-state index >= 15 is 0 Å². The van der Waals surface area contributed by atoms with E-state index in [-0.39, 0.29) is 10.6 Å². The highest BCUT2D eigenvalue weighted by Crippen LogP contribution is 2.27. The van der Waals surface area contributed by atoms with E-state index in [9.17, 15) is 17.6 Å². The molecule has 3 aromatic carbocycles. The van der Waals surface area contributed by atoms with E-state index < -0.39 is 28.3 Å². The summed E-state index contributed by atoms with van der Waals surface area (Å²) in [7, 11) is -4.16. The Bertz CT molecular complexity index is 1200. The molecule has 168 valence electrons. The monoisotopic (exact) mass is 476 g/mol. The van der Waals surface area contributed by atoms with Gasteiger partial charge in [0.2, 0.25) is 5.91 Å². The summed E-state index contributed by atoms with van der Waals surface area (Å²) in [4.78, 5) is 12.7. The molecule has 1 amide bonds. The van der Waals surface area contributed by atoms with E-state index in [4.69, 9.17) is 16.3 Å². The Morgan fingerprint density at radius 3 is 2.31 bits per heavy atom. The van der Waals surface area contributed by atoms with E-state index in [0.717, 1.165) is 34.1 Å². The van der Waals surface area contributed by atoms with Crippen molar-refractivity contribution in [2.45, 2.75) is 18.7 Å². The van der Waals surface area contributed by atoms with Gasteiger partial charge in [-0.1, -0.05) is 11.6 Å². The van der Waals surface area contributed by atoms with E-state index in [1.165, 1.54) is 0 Å². The number of amides is 1. The Morgan fingerprint density at radius 1 is 1.06 bits per heavy atom. The van der Waals surface area contributed by atoms with Crippen molar-refractivity contribution in [1.82, 2.24) is 0 Å². The number of aryl methyl sites for hydroxylation is 1. The third-order valence-electron chi connectivity index (χ3n) is 4.59. The van der Waals surface area contributed by atoms with Crippen LogP contribution in [0.2, 0.25) is 5.02 Å². The zero-order valence-electron chi connectivity index (χ0n) is 17.5. The summed E-state index contributed by atoms with van der Waals surface area (Å²) in [6, 6.07) is 15.7. The Labute approximate surface area is 191 Å². The third-order valence-corrected chi connectivity index (χ3v) is 6.61. The van der Waals surface area contributed by atoms with Crippen molar-refractivity contribution in [2.75, 3.05) is 22.8 Å². The van der Waals surface area contributed by atoms with Crippen molar-refractivity contribution in [3.8, 4) is 5.75 Å². The summed E-state index contributed by atoms with van der Waals surface area (Å²) in [5, 5.41) is 3.24. The van der Waals surface area contributed by atoms with Crippen LogP contribution in [0.3, 0.4) is 0 Å². The lowest BCUT2D eigenvalue weighted by atomic mass is 10.2. The number of rotatable bonds is 8. The van der Waals surface area contributed by atoms with E-state index in [1.807, 2.05) is 6.92 Å². The van der Waals surface area contributed by atoms with Gasteiger partial charge in [-0.3, -0.25) is 9.10 Å². The van der Waals surface area contributed by atoms with Crippen LogP contribution in [0.25, 0.3) is 0 Å². The first-order chi connectivity index (χ1) is 15.2. The fraction of sp³-hybridized carbons (Fsp3) is 0.174. The maximum Gasteiger partial charge on any atom is 0.264 e. The highest BCUT2D eigenvalue weighted by molar-refractivity contribution is 7.92. The Morgan fingerprint density at radius 2 is 1.72 bits per heavy atom. The van der Waals surface area contributed by atoms with Gasteiger partial charge < -0.3 is 10.1 Å². The topological polar surface area (TPSA) is 75.7 Å². The molecule has 0 aliphatic carbocycles. The van der Waals surface area contributed by atoms with Gasteiger partial charge in [0.25, 0.3) is 10.0 Å². The van der Waals surface area contributed by atoms with Gasteiger partial charge in [-0.05, 0) is 86.1 Å². The predicted octanol–water partition coefficient (Wildman–Crippen LogP) is 5.02. The van der Waals surface area contributed by atoms with E-state index in [0.29, 0.717) is 23.1 Å². The zero-order chi connectivity index (χ0) is 23.3. The van der Waals surface area contributed by atoms with Crippen LogP contribution in [-0.4, -0.2) is 27.5 Å². The molecule has 0 saturated heterocycles. The molecule has 0 aromatic heterocycles. The van der Waals surface area contributed by atoms with E-state index in [2.05, 4.69) is 5.32 Å². The molecule has 9 heteroatoms. The molecule has 0 spiro atoms. The van der Waals surface area contributed by atoms with Gasteiger partial charge in [0, 0.05) is 10.7 Å². The Hall–Kier alpha value is -3.10. The summed E-state index contributed by atoms with van der Waals surface area (Å²) in [6.07, 6.45) is 0. The van der Waals surface area contributed by atoms with Gasteiger partial charge in [-0.25, -0.2) is 12.8 Å². The molecular formula is C23H22ClFN2O4S. The first-order valence-corrected chi connectivity index (χ1v) is 11.6. The van der Waals surface area contributed by atoms with Crippen LogP contribution in [-0.2, 0) is 14.8 Å². The lowest BCUT2D eigenvalue weighted by Gasteiger charge is -2.24. The molecule has 1 N–H and O–H groups in total. The number of hydrogen-bond acceptors (Lipinski definition) is 4. The summed E-state index contributed by atoms with van der Waals surface area (Å²) < 4.78 is 46.4. The number of anilines is 2. The van der Waals surface area contributed by atoms with Crippen LogP contribution in [0.5, 0.6) is 5.75 Å². The quantitative estimate of drug-likeness (QED) is 0.495. The summed E-state index contributed by atoms with van der Waals surface area (Å²) >= 11 is 5.95. The standard InChI is InChI=1S/C23H22ClFN2O4S/c1-3-31-20-9-7-19(8-10-20)27(32(29,30)21-11-5-18(25)6-12-21)15-23(28)26-22-13-4-17(24)14-16(22)2/h4-14H,3,15H2,1-2H3,(H,26,28). The lowest BCUT2D eigenvalue weighted by molar-refractivity contribution is -0.114. The highest BCUT2D eigenvalue weighted by atomic mass is 35.5. The summed E-state index contributed by atoms with van der Waals surface area (Å²) in [5.41, 5.74) is 1.52. The number of benzene rings is 3. The fourth-order valence-corrected chi connectivity index (χ4v) is 4.66. The van der Waals surface area contributed by atoms with Gasteiger partial charge in [0.05, 0.1) is 17.2 Å². The predicted molar refractivity (Wildman–Crippen MR) is 123 cm³/mol. The van der Waals surface area contributed by atoms with Crippen LogP contribution in [0, 0.1) is 12.7 Å². The number of sulfonamides is 1. The molecule has 0 fully saturated rings. The average molecular weight is 477 g/mol. The second kappa shape index (κ2) is 10.0. The van der Waals surface area contributed by atoms with Crippen molar-refractivity contribution >= 4 is 38.9 Å². The maximum absolute atomic E-state index is 13.3. The highest BCUT2D eigenvalue weighted by Gasteiger charge is 2.27. The SMILES string of the molecule is CCOc1ccc(N(CC(=O)Nc2ccc(Cl)cc2C)S(=O)(=O)c2ccc(F)cc2)cc1. The van der Waals surface area contributed by atoms with Crippen molar-refractivity contribution in [1.29, 1.82) is 0 Å². The Balaban J connectivity index is 1.94. The lowest BCUT2D eigenvalue weighted by Crippen LogP contribution is -2.38. The van der Waals surface area contributed by atoms with Gasteiger partial charge in [0.15, 0.2) is 0 Å². The van der Waals surface area contributed by atoms with Crippen molar-refractivity contribution in [2.24, 2.45) is 0 Å². The average Bonchev–Trinajstić information content (AvgIpc) is 2.75. The van der Waals surface area contributed by atoms with Crippen LogP contribution in [0.4, 0.5) is 15.8 Å². The van der Waals surface area contributed by atoms with Crippen LogP contribution < -0.4 is 14.4 Å². The smallest absolute Gasteiger partial charge is 0.264 e. The van der Waals surface area contributed by atoms with Crippen LogP contribution in [0.1, 0.15) is 12.5 Å². The molecule has 0 bridgehead atoms. The number of nitrogens with one attached hydrogen (secondary N) is 1. The minimum Gasteiger partial charge on any atom is -0.494 e. The first-order valence-electron chi connectivity index (χ1n) is 9.78. The van der Waals surface area contributed by atoms with Gasteiger partial charge in [-0.2, -0.15) is 0 Å². The molecule has 3 rings (SSSR count). The molecule has 6 nitrogen and oxygen atoms in total. The largest absolute Gasteiger partial charge is 0.494 e. The molecular weight excluding hydrogens is 455 g/mol. The minimum atomic E-state index is -4.16. The molecule has 0 radical (unpaired) electrons. The number of nitrogens with zero attached hydrogens (tertiary/aromatic N) is 1. The molecule has 3 aromatic rings. The van der Waals surface area contributed by atoms with Crippen molar-refractivity contribution in [3.63, 3.8) is 0 Å². The van der Waals surface area contributed by atoms with Gasteiger partial charge in [-0.15, -0.1) is 0 Å². The fourth-order valence-electron chi connectivity index (χ4n) is 3.01. The number of carbonyl (C=O) groups is 1. The second-order valence-corrected chi connectivity index (χ2v) is 9.20. The Kier molecular flexibility index (Phi) is 7.37. The number of hydrogen-bond donors (Lipinski definition) is 1. The molecule has 32 heavy (non-hydrogen) atoms.